The molecule has 1 aliphatic heterocycles. The van der Waals surface area contributed by atoms with E-state index >= 15 is 0 Å². The summed E-state index contributed by atoms with van der Waals surface area (Å²) in [5, 5.41) is 12.0. The molecule has 2 rings (SSSR count). The van der Waals surface area contributed by atoms with Crippen molar-refractivity contribution in [1.29, 1.82) is 0 Å². The summed E-state index contributed by atoms with van der Waals surface area (Å²) in [4.78, 5) is 25.1. The summed E-state index contributed by atoms with van der Waals surface area (Å²) in [7, 11) is 1.76. The van der Waals surface area contributed by atoms with Crippen molar-refractivity contribution in [2.45, 2.75) is 63.1 Å². The fourth-order valence-electron chi connectivity index (χ4n) is 3.38. The summed E-state index contributed by atoms with van der Waals surface area (Å²) < 4.78 is 5.48. The number of aliphatic carboxylic acids is 1. The van der Waals surface area contributed by atoms with Gasteiger partial charge in [0.05, 0.1) is 24.1 Å². The number of hydrogen-bond donors (Lipinski definition) is 2. The van der Waals surface area contributed by atoms with E-state index in [2.05, 4.69) is 5.32 Å². The van der Waals surface area contributed by atoms with Gasteiger partial charge in [-0.2, -0.15) is 0 Å². The molecule has 0 aromatic rings. The van der Waals surface area contributed by atoms with E-state index in [1.54, 1.807) is 11.9 Å². The fourth-order valence-corrected chi connectivity index (χ4v) is 3.38. The number of rotatable bonds is 4. The SMILES string of the molecule is CC1OCCC1N(C)C(=O)NC1(CC(=O)O)CCCC1. The standard InChI is InChI=1S/C14H24N2O4/c1-10-11(5-8-20-10)16(2)13(19)15-14(9-12(17)18)6-3-4-7-14/h10-11H,3-9H2,1-2H3,(H,15,19)(H,17,18). The number of nitrogens with one attached hydrogen (secondary N) is 1. The van der Waals surface area contributed by atoms with E-state index in [0.717, 1.165) is 32.1 Å². The van der Waals surface area contributed by atoms with Crippen LogP contribution in [0.2, 0.25) is 0 Å². The van der Waals surface area contributed by atoms with Crippen LogP contribution < -0.4 is 5.32 Å². The van der Waals surface area contributed by atoms with E-state index in [1.807, 2.05) is 6.92 Å². The van der Waals surface area contributed by atoms with Crippen molar-refractivity contribution in [1.82, 2.24) is 10.2 Å². The molecule has 0 radical (unpaired) electrons. The Hall–Kier alpha value is -1.30. The summed E-state index contributed by atoms with van der Waals surface area (Å²) >= 11 is 0. The highest BCUT2D eigenvalue weighted by atomic mass is 16.5. The molecule has 6 nitrogen and oxygen atoms in total. The van der Waals surface area contributed by atoms with Crippen molar-refractivity contribution >= 4 is 12.0 Å². The Morgan fingerprint density at radius 2 is 2.05 bits per heavy atom. The molecule has 0 aromatic carbocycles. The molecule has 1 saturated carbocycles. The Labute approximate surface area is 119 Å². The molecule has 1 heterocycles. The van der Waals surface area contributed by atoms with Gasteiger partial charge in [0.1, 0.15) is 0 Å². The van der Waals surface area contributed by atoms with E-state index in [0.29, 0.717) is 6.61 Å². The molecule has 1 saturated heterocycles. The van der Waals surface area contributed by atoms with E-state index in [4.69, 9.17) is 9.84 Å². The third kappa shape index (κ3) is 3.23. The minimum Gasteiger partial charge on any atom is -0.481 e. The van der Waals surface area contributed by atoms with Crippen molar-refractivity contribution in [3.8, 4) is 0 Å². The van der Waals surface area contributed by atoms with Crippen molar-refractivity contribution in [2.75, 3.05) is 13.7 Å². The van der Waals surface area contributed by atoms with E-state index < -0.39 is 11.5 Å². The van der Waals surface area contributed by atoms with Gasteiger partial charge in [-0.15, -0.1) is 0 Å². The van der Waals surface area contributed by atoms with E-state index in [1.165, 1.54) is 0 Å². The zero-order chi connectivity index (χ0) is 14.8. The Bertz CT molecular complexity index is 379. The van der Waals surface area contributed by atoms with Gasteiger partial charge in [-0.1, -0.05) is 12.8 Å². The Morgan fingerprint density at radius 3 is 2.55 bits per heavy atom. The maximum Gasteiger partial charge on any atom is 0.317 e. The molecule has 2 fully saturated rings. The number of carbonyl (C=O) groups excluding carboxylic acids is 1. The van der Waals surface area contributed by atoms with Crippen LogP contribution in [0.5, 0.6) is 0 Å². The predicted octanol–water partition coefficient (Wildman–Crippen LogP) is 1.59. The summed E-state index contributed by atoms with van der Waals surface area (Å²) in [5.41, 5.74) is -0.570. The smallest absolute Gasteiger partial charge is 0.317 e. The molecule has 20 heavy (non-hydrogen) atoms. The molecular formula is C14H24N2O4. The molecule has 2 aliphatic rings. The second kappa shape index (κ2) is 5.99. The largest absolute Gasteiger partial charge is 0.481 e. The van der Waals surface area contributed by atoms with Crippen LogP contribution in [0.25, 0.3) is 0 Å². The molecule has 6 heteroatoms. The number of amides is 2. The highest BCUT2D eigenvalue weighted by Crippen LogP contribution is 2.33. The summed E-state index contributed by atoms with van der Waals surface area (Å²) in [6.07, 6.45) is 4.30. The topological polar surface area (TPSA) is 78.9 Å². The number of carboxylic acids is 1. The Balaban J connectivity index is 1.99. The zero-order valence-electron chi connectivity index (χ0n) is 12.2. The first kappa shape index (κ1) is 15.1. The van der Waals surface area contributed by atoms with E-state index in [-0.39, 0.29) is 24.6 Å². The van der Waals surface area contributed by atoms with Crippen LogP contribution in [0.15, 0.2) is 0 Å². The van der Waals surface area contributed by atoms with Crippen LogP contribution in [0, 0.1) is 0 Å². The number of nitrogens with zero attached hydrogens (tertiary/aromatic N) is 1. The van der Waals surface area contributed by atoms with Crippen LogP contribution >= 0.6 is 0 Å². The summed E-state index contributed by atoms with van der Waals surface area (Å²) in [6.45, 7) is 2.63. The molecule has 2 atom stereocenters. The molecule has 2 N–H and O–H groups in total. The highest BCUT2D eigenvalue weighted by molar-refractivity contribution is 5.77. The number of likely N-dealkylation sites (N-methyl/N-ethyl adjacent to an activating group) is 1. The van der Waals surface area contributed by atoms with Gasteiger partial charge in [0, 0.05) is 13.7 Å². The van der Waals surface area contributed by atoms with Gasteiger partial charge in [-0.05, 0) is 26.2 Å². The van der Waals surface area contributed by atoms with Crippen molar-refractivity contribution in [2.24, 2.45) is 0 Å². The lowest BCUT2D eigenvalue weighted by molar-refractivity contribution is -0.138. The lowest BCUT2D eigenvalue weighted by atomic mass is 9.93. The molecule has 1 aliphatic carbocycles. The second-order valence-corrected chi connectivity index (χ2v) is 6.03. The zero-order valence-corrected chi connectivity index (χ0v) is 12.2. The molecule has 0 bridgehead atoms. The first-order valence-corrected chi connectivity index (χ1v) is 7.32. The molecule has 2 amide bonds. The van der Waals surface area contributed by atoms with Crippen molar-refractivity contribution < 1.29 is 19.4 Å². The third-order valence-corrected chi connectivity index (χ3v) is 4.58. The second-order valence-electron chi connectivity index (χ2n) is 6.03. The van der Waals surface area contributed by atoms with Crippen molar-refractivity contribution in [3.63, 3.8) is 0 Å². The quantitative estimate of drug-likeness (QED) is 0.821. The van der Waals surface area contributed by atoms with Gasteiger partial charge in [0.2, 0.25) is 0 Å². The van der Waals surface area contributed by atoms with Crippen molar-refractivity contribution in [3.05, 3.63) is 0 Å². The maximum absolute atomic E-state index is 12.4. The first-order valence-electron chi connectivity index (χ1n) is 7.32. The summed E-state index contributed by atoms with van der Waals surface area (Å²) in [6, 6.07) is -0.117. The normalized spacial score (nSPS) is 28.3. The highest BCUT2D eigenvalue weighted by Gasteiger charge is 2.39. The minimum atomic E-state index is -0.854. The molecule has 114 valence electrons. The van der Waals surface area contributed by atoms with Gasteiger partial charge in [0.15, 0.2) is 0 Å². The Kier molecular flexibility index (Phi) is 4.52. The lowest BCUT2D eigenvalue weighted by Gasteiger charge is -2.34. The van der Waals surface area contributed by atoms with Gasteiger partial charge in [0.25, 0.3) is 0 Å². The van der Waals surface area contributed by atoms with E-state index in [9.17, 15) is 9.59 Å². The van der Waals surface area contributed by atoms with Gasteiger partial charge >= 0.3 is 12.0 Å². The number of carbonyl (C=O) groups is 2. The predicted molar refractivity (Wildman–Crippen MR) is 73.6 cm³/mol. The van der Waals surface area contributed by atoms with Crippen LogP contribution in [0.3, 0.4) is 0 Å². The third-order valence-electron chi connectivity index (χ3n) is 4.58. The number of urea groups is 1. The van der Waals surface area contributed by atoms with Crippen LogP contribution in [0.4, 0.5) is 4.79 Å². The average Bonchev–Trinajstić information content (AvgIpc) is 2.97. The molecule has 2 unspecified atom stereocenters. The minimum absolute atomic E-state index is 0.00327. The van der Waals surface area contributed by atoms with Crippen LogP contribution in [-0.4, -0.2) is 53.3 Å². The molecule has 0 spiro atoms. The number of carboxylic acid groups (broad SMARTS) is 1. The summed E-state index contributed by atoms with van der Waals surface area (Å²) in [5.74, 6) is -0.854. The average molecular weight is 284 g/mol. The first-order chi connectivity index (χ1) is 9.43. The number of ether oxygens (including phenoxy) is 1. The maximum atomic E-state index is 12.4. The van der Waals surface area contributed by atoms with Gasteiger partial charge in [-0.25, -0.2) is 4.79 Å². The Morgan fingerprint density at radius 1 is 1.40 bits per heavy atom. The molecular weight excluding hydrogens is 260 g/mol. The monoisotopic (exact) mass is 284 g/mol. The van der Waals surface area contributed by atoms with Crippen LogP contribution in [0.1, 0.15) is 45.4 Å². The fraction of sp³-hybridized carbons (Fsp3) is 0.857. The lowest BCUT2D eigenvalue weighted by Crippen LogP contribution is -2.55. The van der Waals surface area contributed by atoms with Gasteiger partial charge < -0.3 is 20.1 Å². The van der Waals surface area contributed by atoms with Crippen LogP contribution in [-0.2, 0) is 9.53 Å². The van der Waals surface area contributed by atoms with Gasteiger partial charge in [-0.3, -0.25) is 4.79 Å². The molecule has 0 aromatic heterocycles. The number of hydrogen-bond acceptors (Lipinski definition) is 3.